The largest absolute Gasteiger partial charge is 0.496 e. The number of carboxylic acids is 1. The van der Waals surface area contributed by atoms with E-state index in [2.05, 4.69) is 10.6 Å². The molecule has 2 amide bonds. The van der Waals surface area contributed by atoms with Gasteiger partial charge in [0.2, 0.25) is 11.8 Å². The van der Waals surface area contributed by atoms with Crippen LogP contribution in [0.15, 0.2) is 18.2 Å². The second kappa shape index (κ2) is 8.33. The van der Waals surface area contributed by atoms with Crippen molar-refractivity contribution >= 4 is 23.5 Å². The SMILES string of the molecule is COc1cc(NC(=O)CCCNC(=O)C(C)(C)C)ccc1C(=O)O. The molecule has 0 aliphatic heterocycles. The Kier molecular flexibility index (Phi) is 6.76. The summed E-state index contributed by atoms with van der Waals surface area (Å²) >= 11 is 0. The number of benzene rings is 1. The maximum absolute atomic E-state index is 11.9. The van der Waals surface area contributed by atoms with E-state index in [1.165, 1.54) is 25.3 Å². The number of rotatable bonds is 7. The molecule has 0 aromatic heterocycles. The second-order valence-corrected chi connectivity index (χ2v) is 6.38. The molecule has 0 spiro atoms. The molecule has 24 heavy (non-hydrogen) atoms. The van der Waals surface area contributed by atoms with Crippen molar-refractivity contribution in [2.45, 2.75) is 33.6 Å². The lowest BCUT2D eigenvalue weighted by atomic mass is 9.96. The lowest BCUT2D eigenvalue weighted by molar-refractivity contribution is -0.128. The molecule has 0 saturated carbocycles. The predicted octanol–water partition coefficient (Wildman–Crippen LogP) is 2.27. The monoisotopic (exact) mass is 336 g/mol. The van der Waals surface area contributed by atoms with Gasteiger partial charge in [0.1, 0.15) is 11.3 Å². The van der Waals surface area contributed by atoms with Gasteiger partial charge in [-0.05, 0) is 18.6 Å². The summed E-state index contributed by atoms with van der Waals surface area (Å²) < 4.78 is 5.01. The molecule has 132 valence electrons. The van der Waals surface area contributed by atoms with Crippen LogP contribution in [0.25, 0.3) is 0 Å². The molecule has 0 heterocycles. The van der Waals surface area contributed by atoms with E-state index in [0.29, 0.717) is 18.7 Å². The Bertz CT molecular complexity index is 620. The minimum Gasteiger partial charge on any atom is -0.496 e. The van der Waals surface area contributed by atoms with Crippen LogP contribution >= 0.6 is 0 Å². The third-order valence-corrected chi connectivity index (χ3v) is 3.26. The summed E-state index contributed by atoms with van der Waals surface area (Å²) in [5, 5.41) is 14.5. The molecular weight excluding hydrogens is 312 g/mol. The van der Waals surface area contributed by atoms with Crippen molar-refractivity contribution in [1.82, 2.24) is 5.32 Å². The maximum Gasteiger partial charge on any atom is 0.339 e. The zero-order valence-corrected chi connectivity index (χ0v) is 14.4. The van der Waals surface area contributed by atoms with Crippen molar-refractivity contribution in [2.24, 2.45) is 5.41 Å². The molecule has 1 rings (SSSR count). The molecule has 3 N–H and O–H groups in total. The van der Waals surface area contributed by atoms with Crippen LogP contribution in [0, 0.1) is 5.41 Å². The summed E-state index contributed by atoms with van der Waals surface area (Å²) in [6.07, 6.45) is 0.755. The van der Waals surface area contributed by atoms with E-state index < -0.39 is 11.4 Å². The number of nitrogens with one attached hydrogen (secondary N) is 2. The fourth-order valence-electron chi connectivity index (χ4n) is 1.89. The summed E-state index contributed by atoms with van der Waals surface area (Å²) in [6.45, 7) is 5.89. The topological polar surface area (TPSA) is 105 Å². The second-order valence-electron chi connectivity index (χ2n) is 6.38. The molecule has 0 aliphatic carbocycles. The number of hydrogen-bond donors (Lipinski definition) is 3. The first-order valence-electron chi connectivity index (χ1n) is 7.64. The van der Waals surface area contributed by atoms with Crippen LogP contribution in [-0.4, -0.2) is 36.5 Å². The highest BCUT2D eigenvalue weighted by molar-refractivity contribution is 5.94. The molecule has 0 fully saturated rings. The van der Waals surface area contributed by atoms with Crippen LogP contribution in [0.3, 0.4) is 0 Å². The van der Waals surface area contributed by atoms with Crippen LogP contribution in [0.1, 0.15) is 44.0 Å². The Morgan fingerprint density at radius 3 is 2.42 bits per heavy atom. The van der Waals surface area contributed by atoms with Gasteiger partial charge in [0.05, 0.1) is 7.11 Å². The highest BCUT2D eigenvalue weighted by Gasteiger charge is 2.20. The van der Waals surface area contributed by atoms with Gasteiger partial charge in [0.15, 0.2) is 0 Å². The van der Waals surface area contributed by atoms with E-state index in [9.17, 15) is 14.4 Å². The van der Waals surface area contributed by atoms with Gasteiger partial charge < -0.3 is 20.5 Å². The number of ether oxygens (including phenoxy) is 1. The highest BCUT2D eigenvalue weighted by Crippen LogP contribution is 2.23. The van der Waals surface area contributed by atoms with Crippen LogP contribution in [-0.2, 0) is 9.59 Å². The Morgan fingerprint density at radius 2 is 1.88 bits per heavy atom. The van der Waals surface area contributed by atoms with Crippen LogP contribution in [0.5, 0.6) is 5.75 Å². The molecule has 0 unspecified atom stereocenters. The lowest BCUT2D eigenvalue weighted by Crippen LogP contribution is -2.35. The normalized spacial score (nSPS) is 10.8. The first-order chi connectivity index (χ1) is 11.1. The average molecular weight is 336 g/mol. The molecule has 0 radical (unpaired) electrons. The minimum atomic E-state index is -1.10. The van der Waals surface area contributed by atoms with E-state index >= 15 is 0 Å². The number of anilines is 1. The minimum absolute atomic E-state index is 0.0281. The number of carboxylic acid groups (broad SMARTS) is 1. The lowest BCUT2D eigenvalue weighted by Gasteiger charge is -2.17. The van der Waals surface area contributed by atoms with Crippen molar-refractivity contribution in [2.75, 3.05) is 19.0 Å². The quantitative estimate of drug-likeness (QED) is 0.663. The Morgan fingerprint density at radius 1 is 1.21 bits per heavy atom. The van der Waals surface area contributed by atoms with Gasteiger partial charge in [-0.3, -0.25) is 9.59 Å². The smallest absolute Gasteiger partial charge is 0.339 e. The summed E-state index contributed by atoms with van der Waals surface area (Å²) in [6, 6.07) is 4.34. The van der Waals surface area contributed by atoms with Gasteiger partial charge in [-0.1, -0.05) is 20.8 Å². The Hall–Kier alpha value is -2.57. The van der Waals surface area contributed by atoms with Gasteiger partial charge in [0.25, 0.3) is 0 Å². The van der Waals surface area contributed by atoms with Crippen LogP contribution in [0.2, 0.25) is 0 Å². The van der Waals surface area contributed by atoms with E-state index in [1.807, 2.05) is 20.8 Å². The number of hydrogen-bond acceptors (Lipinski definition) is 4. The maximum atomic E-state index is 11.9. The van der Waals surface area contributed by atoms with Gasteiger partial charge >= 0.3 is 5.97 Å². The van der Waals surface area contributed by atoms with E-state index in [4.69, 9.17) is 9.84 Å². The first-order valence-corrected chi connectivity index (χ1v) is 7.64. The number of carbonyl (C=O) groups is 3. The summed E-state index contributed by atoms with van der Waals surface area (Å²) in [5.41, 5.74) is 0.0333. The zero-order chi connectivity index (χ0) is 18.3. The Labute approximate surface area is 141 Å². The van der Waals surface area contributed by atoms with Crippen molar-refractivity contribution in [1.29, 1.82) is 0 Å². The Balaban J connectivity index is 2.48. The van der Waals surface area contributed by atoms with Crippen molar-refractivity contribution in [3.8, 4) is 5.75 Å². The number of amides is 2. The van der Waals surface area contributed by atoms with Crippen molar-refractivity contribution in [3.63, 3.8) is 0 Å². The fraction of sp³-hybridized carbons (Fsp3) is 0.471. The number of aromatic carboxylic acids is 1. The van der Waals surface area contributed by atoms with Gasteiger partial charge in [-0.25, -0.2) is 4.79 Å². The fourth-order valence-corrected chi connectivity index (χ4v) is 1.89. The summed E-state index contributed by atoms with van der Waals surface area (Å²) in [5.74, 6) is -1.20. The van der Waals surface area contributed by atoms with Crippen molar-refractivity contribution in [3.05, 3.63) is 23.8 Å². The molecular formula is C17H24N2O5. The molecule has 0 saturated heterocycles. The molecule has 1 aromatic carbocycles. The number of carbonyl (C=O) groups excluding carboxylic acids is 2. The average Bonchev–Trinajstić information content (AvgIpc) is 2.49. The van der Waals surface area contributed by atoms with Crippen LogP contribution in [0.4, 0.5) is 5.69 Å². The third kappa shape index (κ3) is 5.91. The molecule has 7 heteroatoms. The van der Waals surface area contributed by atoms with Crippen LogP contribution < -0.4 is 15.4 Å². The third-order valence-electron chi connectivity index (χ3n) is 3.26. The van der Waals surface area contributed by atoms with Gasteiger partial charge in [-0.2, -0.15) is 0 Å². The highest BCUT2D eigenvalue weighted by atomic mass is 16.5. The summed E-state index contributed by atoms with van der Waals surface area (Å²) in [4.78, 5) is 34.6. The first kappa shape index (κ1) is 19.5. The zero-order valence-electron chi connectivity index (χ0n) is 14.4. The standard InChI is InChI=1S/C17H24N2O5/c1-17(2,3)16(23)18-9-5-6-14(20)19-11-7-8-12(15(21)22)13(10-11)24-4/h7-8,10H,5-6,9H2,1-4H3,(H,18,23)(H,19,20)(H,21,22). The predicted molar refractivity (Wildman–Crippen MR) is 90.3 cm³/mol. The molecule has 1 aromatic rings. The van der Waals surface area contributed by atoms with E-state index in [1.54, 1.807) is 0 Å². The number of methoxy groups -OCH3 is 1. The van der Waals surface area contributed by atoms with E-state index in [0.717, 1.165) is 0 Å². The molecule has 7 nitrogen and oxygen atoms in total. The van der Waals surface area contributed by atoms with Crippen molar-refractivity contribution < 1.29 is 24.2 Å². The molecule has 0 atom stereocenters. The molecule has 0 bridgehead atoms. The molecule has 0 aliphatic rings. The summed E-state index contributed by atoms with van der Waals surface area (Å²) in [7, 11) is 1.37. The van der Waals surface area contributed by atoms with Gasteiger partial charge in [-0.15, -0.1) is 0 Å². The van der Waals surface area contributed by atoms with E-state index in [-0.39, 0.29) is 29.5 Å². The van der Waals surface area contributed by atoms with Gasteiger partial charge in [0, 0.05) is 30.1 Å².